The summed E-state index contributed by atoms with van der Waals surface area (Å²) in [6.45, 7) is 3.86. The zero-order chi connectivity index (χ0) is 14.6. The van der Waals surface area contributed by atoms with Crippen molar-refractivity contribution in [3.63, 3.8) is 0 Å². The fourth-order valence-corrected chi connectivity index (χ4v) is 2.21. The van der Waals surface area contributed by atoms with Gasteiger partial charge in [0, 0.05) is 6.04 Å². The first-order valence-electron chi connectivity index (χ1n) is 6.23. The van der Waals surface area contributed by atoms with Gasteiger partial charge in [0.15, 0.2) is 0 Å². The Bertz CT molecular complexity index is 416. The van der Waals surface area contributed by atoms with Crippen molar-refractivity contribution in [3.05, 3.63) is 29.3 Å². The summed E-state index contributed by atoms with van der Waals surface area (Å²) < 4.78 is 43.2. The summed E-state index contributed by atoms with van der Waals surface area (Å²) >= 11 is 0. The lowest BCUT2D eigenvalue weighted by Crippen LogP contribution is -2.19. The molecule has 0 bridgehead atoms. The first-order valence-corrected chi connectivity index (χ1v) is 6.23. The minimum absolute atomic E-state index is 0.0341. The molecule has 5 heteroatoms. The number of rotatable bonds is 5. The van der Waals surface area contributed by atoms with E-state index in [4.69, 9.17) is 10.5 Å². The zero-order valence-corrected chi connectivity index (χ0v) is 11.4. The smallest absolute Gasteiger partial charge is 0.416 e. The van der Waals surface area contributed by atoms with Gasteiger partial charge in [-0.3, -0.25) is 0 Å². The van der Waals surface area contributed by atoms with Gasteiger partial charge in [-0.1, -0.05) is 6.92 Å². The number of hydrogen-bond donors (Lipinski definition) is 1. The van der Waals surface area contributed by atoms with Crippen LogP contribution in [-0.4, -0.2) is 13.2 Å². The van der Waals surface area contributed by atoms with E-state index in [0.717, 1.165) is 18.6 Å². The van der Waals surface area contributed by atoms with E-state index in [0.29, 0.717) is 17.7 Å². The van der Waals surface area contributed by atoms with Gasteiger partial charge >= 0.3 is 6.18 Å². The van der Waals surface area contributed by atoms with E-state index in [2.05, 4.69) is 0 Å². The number of halogens is 3. The summed E-state index contributed by atoms with van der Waals surface area (Å²) in [5.74, 6) is 0.696. The monoisotopic (exact) mass is 275 g/mol. The van der Waals surface area contributed by atoms with E-state index >= 15 is 0 Å². The fourth-order valence-electron chi connectivity index (χ4n) is 2.21. The van der Waals surface area contributed by atoms with Gasteiger partial charge in [-0.15, -0.1) is 0 Å². The average molecular weight is 275 g/mol. The van der Waals surface area contributed by atoms with Gasteiger partial charge in [-0.2, -0.15) is 13.2 Å². The normalized spacial score (nSPS) is 15.1. The van der Waals surface area contributed by atoms with Crippen LogP contribution in [0.2, 0.25) is 0 Å². The standard InChI is InChI=1S/C14H20F3NO/c1-9(6-10(2)18)7-11-8-12(14(15,16)17)4-5-13(11)19-3/h4-5,8-10H,6-7,18H2,1-3H3. The van der Waals surface area contributed by atoms with Gasteiger partial charge in [0.25, 0.3) is 0 Å². The Labute approximate surface area is 111 Å². The second kappa shape index (κ2) is 6.28. The highest BCUT2D eigenvalue weighted by atomic mass is 19.4. The number of alkyl halides is 3. The molecule has 0 aliphatic carbocycles. The van der Waals surface area contributed by atoms with Crippen LogP contribution in [0.25, 0.3) is 0 Å². The maximum atomic E-state index is 12.7. The molecule has 1 rings (SSSR count). The molecule has 2 nitrogen and oxygen atoms in total. The molecule has 0 spiro atoms. The van der Waals surface area contributed by atoms with Crippen molar-refractivity contribution in [1.29, 1.82) is 0 Å². The molecule has 0 aromatic heterocycles. The minimum Gasteiger partial charge on any atom is -0.496 e. The number of nitrogens with two attached hydrogens (primary N) is 1. The highest BCUT2D eigenvalue weighted by Gasteiger charge is 2.31. The second-order valence-electron chi connectivity index (χ2n) is 5.05. The van der Waals surface area contributed by atoms with E-state index in [-0.39, 0.29) is 12.0 Å². The van der Waals surface area contributed by atoms with Crippen LogP contribution in [-0.2, 0) is 12.6 Å². The van der Waals surface area contributed by atoms with Gasteiger partial charge in [0.05, 0.1) is 12.7 Å². The van der Waals surface area contributed by atoms with E-state index in [9.17, 15) is 13.2 Å². The van der Waals surface area contributed by atoms with Crippen molar-refractivity contribution in [2.45, 2.75) is 38.9 Å². The third kappa shape index (κ3) is 4.74. The van der Waals surface area contributed by atoms with Crippen molar-refractivity contribution in [1.82, 2.24) is 0 Å². The Balaban J connectivity index is 2.96. The molecule has 2 N–H and O–H groups in total. The molecule has 0 aliphatic heterocycles. The molecular weight excluding hydrogens is 255 g/mol. The molecule has 0 aliphatic rings. The van der Waals surface area contributed by atoms with Gasteiger partial charge < -0.3 is 10.5 Å². The Morgan fingerprint density at radius 3 is 2.37 bits per heavy atom. The molecule has 0 saturated carbocycles. The summed E-state index contributed by atoms with van der Waals surface area (Å²) in [6, 6.07) is 3.61. The lowest BCUT2D eigenvalue weighted by Gasteiger charge is -2.17. The molecule has 108 valence electrons. The van der Waals surface area contributed by atoms with Gasteiger partial charge in [0.1, 0.15) is 5.75 Å². The Kier molecular flexibility index (Phi) is 5.23. The van der Waals surface area contributed by atoms with E-state index < -0.39 is 11.7 Å². The first-order chi connectivity index (χ1) is 8.74. The van der Waals surface area contributed by atoms with Crippen LogP contribution in [0.4, 0.5) is 13.2 Å². The number of ether oxygens (including phenoxy) is 1. The number of benzene rings is 1. The molecule has 2 unspecified atom stereocenters. The van der Waals surface area contributed by atoms with Crippen LogP contribution in [0.1, 0.15) is 31.4 Å². The predicted molar refractivity (Wildman–Crippen MR) is 69.1 cm³/mol. The molecule has 0 amide bonds. The molecule has 0 saturated heterocycles. The van der Waals surface area contributed by atoms with Crippen molar-refractivity contribution < 1.29 is 17.9 Å². The molecule has 19 heavy (non-hydrogen) atoms. The van der Waals surface area contributed by atoms with Crippen molar-refractivity contribution >= 4 is 0 Å². The molecule has 0 heterocycles. The SMILES string of the molecule is COc1ccc(C(F)(F)F)cc1CC(C)CC(C)N. The quantitative estimate of drug-likeness (QED) is 0.890. The van der Waals surface area contributed by atoms with E-state index in [1.54, 1.807) is 0 Å². The van der Waals surface area contributed by atoms with Gasteiger partial charge in [-0.25, -0.2) is 0 Å². The predicted octanol–water partition coefficient (Wildman–Crippen LogP) is 3.63. The van der Waals surface area contributed by atoms with Crippen LogP contribution < -0.4 is 10.5 Å². The van der Waals surface area contributed by atoms with E-state index in [1.807, 2.05) is 13.8 Å². The Morgan fingerprint density at radius 1 is 1.26 bits per heavy atom. The summed E-state index contributed by atoms with van der Waals surface area (Å²) in [6.07, 6.45) is -3.04. The minimum atomic E-state index is -4.33. The maximum absolute atomic E-state index is 12.7. The van der Waals surface area contributed by atoms with Gasteiger partial charge in [0.2, 0.25) is 0 Å². The highest BCUT2D eigenvalue weighted by molar-refractivity contribution is 5.38. The molecule has 2 atom stereocenters. The lowest BCUT2D eigenvalue weighted by molar-refractivity contribution is -0.137. The van der Waals surface area contributed by atoms with Crippen LogP contribution in [0.15, 0.2) is 18.2 Å². The Hall–Kier alpha value is -1.23. The summed E-state index contributed by atoms with van der Waals surface area (Å²) in [4.78, 5) is 0. The van der Waals surface area contributed by atoms with Crippen LogP contribution in [0.5, 0.6) is 5.75 Å². The van der Waals surface area contributed by atoms with Crippen molar-refractivity contribution in [2.24, 2.45) is 11.7 Å². The molecule has 0 fully saturated rings. The summed E-state index contributed by atoms with van der Waals surface area (Å²) in [7, 11) is 1.46. The van der Waals surface area contributed by atoms with Crippen molar-refractivity contribution in [2.75, 3.05) is 7.11 Å². The molecule has 1 aromatic carbocycles. The van der Waals surface area contributed by atoms with Crippen LogP contribution >= 0.6 is 0 Å². The van der Waals surface area contributed by atoms with E-state index in [1.165, 1.54) is 13.2 Å². The molecular formula is C14H20F3NO. The zero-order valence-electron chi connectivity index (χ0n) is 11.4. The molecule has 1 aromatic rings. The lowest BCUT2D eigenvalue weighted by atomic mass is 9.94. The third-order valence-corrected chi connectivity index (χ3v) is 2.95. The molecule has 0 radical (unpaired) electrons. The van der Waals surface area contributed by atoms with Crippen LogP contribution in [0.3, 0.4) is 0 Å². The summed E-state index contributed by atoms with van der Waals surface area (Å²) in [5, 5.41) is 0. The second-order valence-corrected chi connectivity index (χ2v) is 5.05. The first kappa shape index (κ1) is 15.8. The summed E-state index contributed by atoms with van der Waals surface area (Å²) in [5.41, 5.74) is 5.64. The maximum Gasteiger partial charge on any atom is 0.416 e. The highest BCUT2D eigenvalue weighted by Crippen LogP contribution is 2.33. The van der Waals surface area contributed by atoms with Gasteiger partial charge in [-0.05, 0) is 49.4 Å². The average Bonchev–Trinajstić information content (AvgIpc) is 2.26. The largest absolute Gasteiger partial charge is 0.496 e. The number of methoxy groups -OCH3 is 1. The fraction of sp³-hybridized carbons (Fsp3) is 0.571. The Morgan fingerprint density at radius 2 is 1.89 bits per heavy atom. The topological polar surface area (TPSA) is 35.2 Å². The van der Waals surface area contributed by atoms with Crippen molar-refractivity contribution in [3.8, 4) is 5.75 Å². The number of hydrogen-bond acceptors (Lipinski definition) is 2. The van der Waals surface area contributed by atoms with Crippen LogP contribution in [0, 0.1) is 5.92 Å². The third-order valence-electron chi connectivity index (χ3n) is 2.95.